The van der Waals surface area contributed by atoms with Crippen LogP contribution in [0.5, 0.6) is 5.75 Å². The number of rotatable bonds is 8. The van der Waals surface area contributed by atoms with Crippen molar-refractivity contribution in [1.29, 1.82) is 0 Å². The van der Waals surface area contributed by atoms with Crippen LogP contribution in [0.3, 0.4) is 0 Å². The van der Waals surface area contributed by atoms with Gasteiger partial charge in [-0.15, -0.1) is 0 Å². The number of halogens is 1. The van der Waals surface area contributed by atoms with E-state index in [4.69, 9.17) is 11.6 Å². The summed E-state index contributed by atoms with van der Waals surface area (Å²) < 4.78 is 0. The molecule has 0 atom stereocenters. The van der Waals surface area contributed by atoms with Crippen molar-refractivity contribution in [2.45, 2.75) is 0 Å². The minimum absolute atomic E-state index is 0.0116. The summed E-state index contributed by atoms with van der Waals surface area (Å²) >= 11 is 5.96. The Kier molecular flexibility index (Phi) is 6.75. The van der Waals surface area contributed by atoms with E-state index in [0.717, 1.165) is 5.69 Å². The Balaban J connectivity index is 1.59. The number of hydrazone groups is 1. The van der Waals surface area contributed by atoms with Gasteiger partial charge in [-0.25, -0.2) is 5.43 Å². The summed E-state index contributed by atoms with van der Waals surface area (Å²) in [5.41, 5.74) is 4.37. The number of aromatic nitrogens is 3. The van der Waals surface area contributed by atoms with Crippen molar-refractivity contribution in [3.05, 3.63) is 93.5 Å². The molecule has 0 aliphatic carbocycles. The van der Waals surface area contributed by atoms with E-state index in [0.29, 0.717) is 16.3 Å². The first-order valence-electron chi connectivity index (χ1n) is 9.83. The molecule has 0 fully saturated rings. The summed E-state index contributed by atoms with van der Waals surface area (Å²) in [6.45, 7) is 0. The molecular formula is C22H17ClN8O3. The number of hydrogen-bond donors (Lipinski definition) is 4. The van der Waals surface area contributed by atoms with Crippen molar-refractivity contribution >= 4 is 52.7 Å². The molecule has 34 heavy (non-hydrogen) atoms. The Morgan fingerprint density at radius 2 is 1.50 bits per heavy atom. The maximum absolute atomic E-state index is 10.9. The fourth-order valence-corrected chi connectivity index (χ4v) is 2.95. The molecule has 0 saturated heterocycles. The van der Waals surface area contributed by atoms with Gasteiger partial charge in [0.2, 0.25) is 17.8 Å². The molecule has 0 spiro atoms. The third kappa shape index (κ3) is 5.93. The standard InChI is InChI=1S/C22H17ClN8O3/c23-15-6-11-19(32)14(12-15)13-24-30-22-28-20(25-16-4-2-1-3-5-16)27-21(29-22)26-17-7-9-18(10-8-17)31(33)34/h1-13,32H,(H3,25,26,27,28,29,30)/b24-13+. The number of phenolic OH excluding ortho intramolecular Hbond substituents is 1. The quantitative estimate of drug-likeness (QED) is 0.155. The zero-order chi connectivity index (χ0) is 23.9. The minimum Gasteiger partial charge on any atom is -0.507 e. The molecule has 0 aliphatic heterocycles. The monoisotopic (exact) mass is 476 g/mol. The maximum atomic E-state index is 10.9. The Bertz CT molecular complexity index is 1330. The second kappa shape index (κ2) is 10.2. The van der Waals surface area contributed by atoms with Gasteiger partial charge in [-0.3, -0.25) is 10.1 Å². The number of nitrogens with zero attached hydrogens (tertiary/aromatic N) is 5. The van der Waals surface area contributed by atoms with Crippen molar-refractivity contribution in [1.82, 2.24) is 15.0 Å². The van der Waals surface area contributed by atoms with Gasteiger partial charge in [0.25, 0.3) is 5.69 Å². The minimum atomic E-state index is -0.480. The Hall–Kier alpha value is -4.77. The average molecular weight is 477 g/mol. The van der Waals surface area contributed by atoms with Crippen LogP contribution in [-0.4, -0.2) is 31.2 Å². The fraction of sp³-hybridized carbons (Fsp3) is 0. The Labute approximate surface area is 198 Å². The lowest BCUT2D eigenvalue weighted by molar-refractivity contribution is -0.384. The molecule has 1 heterocycles. The molecule has 12 heteroatoms. The molecule has 170 valence electrons. The highest BCUT2D eigenvalue weighted by atomic mass is 35.5. The zero-order valence-corrected chi connectivity index (χ0v) is 18.1. The highest BCUT2D eigenvalue weighted by Gasteiger charge is 2.09. The van der Waals surface area contributed by atoms with E-state index in [-0.39, 0.29) is 29.3 Å². The fourth-order valence-electron chi connectivity index (χ4n) is 2.77. The molecule has 0 saturated carbocycles. The lowest BCUT2D eigenvalue weighted by atomic mass is 10.2. The zero-order valence-electron chi connectivity index (χ0n) is 17.4. The van der Waals surface area contributed by atoms with Gasteiger partial charge in [0.05, 0.1) is 11.1 Å². The Morgan fingerprint density at radius 3 is 2.15 bits per heavy atom. The lowest BCUT2D eigenvalue weighted by Crippen LogP contribution is -2.07. The molecule has 3 aromatic carbocycles. The first-order valence-corrected chi connectivity index (χ1v) is 10.2. The van der Waals surface area contributed by atoms with E-state index < -0.39 is 4.92 Å². The smallest absolute Gasteiger partial charge is 0.269 e. The first-order chi connectivity index (χ1) is 16.5. The SMILES string of the molecule is O=[N+]([O-])c1ccc(Nc2nc(N/N=C/c3cc(Cl)ccc3O)nc(Nc3ccccc3)n2)cc1. The van der Waals surface area contributed by atoms with Crippen LogP contribution in [0.25, 0.3) is 0 Å². The first kappa shape index (κ1) is 22.4. The molecule has 1 aromatic heterocycles. The van der Waals surface area contributed by atoms with Crippen LogP contribution in [0, 0.1) is 10.1 Å². The highest BCUT2D eigenvalue weighted by molar-refractivity contribution is 6.30. The predicted octanol–water partition coefficient (Wildman–Crippen LogP) is 5.07. The van der Waals surface area contributed by atoms with Crippen LogP contribution in [0.2, 0.25) is 5.02 Å². The number of hydrogen-bond acceptors (Lipinski definition) is 10. The van der Waals surface area contributed by atoms with Crippen LogP contribution in [0.15, 0.2) is 77.9 Å². The second-order valence-corrected chi connectivity index (χ2v) is 7.24. The second-order valence-electron chi connectivity index (χ2n) is 6.80. The summed E-state index contributed by atoms with van der Waals surface area (Å²) in [5, 5.41) is 31.4. The van der Waals surface area contributed by atoms with E-state index in [9.17, 15) is 15.2 Å². The normalized spacial score (nSPS) is 10.7. The summed E-state index contributed by atoms with van der Waals surface area (Å²) in [4.78, 5) is 23.3. The third-order valence-electron chi connectivity index (χ3n) is 4.36. The van der Waals surface area contributed by atoms with Gasteiger partial charge in [-0.1, -0.05) is 29.8 Å². The van der Waals surface area contributed by atoms with Crippen molar-refractivity contribution < 1.29 is 10.0 Å². The maximum Gasteiger partial charge on any atom is 0.269 e. The molecule has 0 aliphatic rings. The Morgan fingerprint density at radius 1 is 0.882 bits per heavy atom. The van der Waals surface area contributed by atoms with Crippen LogP contribution in [-0.2, 0) is 0 Å². The largest absolute Gasteiger partial charge is 0.507 e. The topological polar surface area (TPSA) is 150 Å². The van der Waals surface area contributed by atoms with Gasteiger partial charge in [-0.2, -0.15) is 20.1 Å². The number of nitro benzene ring substituents is 1. The lowest BCUT2D eigenvalue weighted by Gasteiger charge is -2.10. The van der Waals surface area contributed by atoms with E-state index in [1.807, 2.05) is 30.3 Å². The molecule has 0 bridgehead atoms. The third-order valence-corrected chi connectivity index (χ3v) is 4.59. The summed E-state index contributed by atoms with van der Waals surface area (Å²) in [5.74, 6) is 0.521. The molecule has 4 rings (SSSR count). The average Bonchev–Trinajstić information content (AvgIpc) is 2.82. The van der Waals surface area contributed by atoms with Gasteiger partial charge >= 0.3 is 0 Å². The molecule has 11 nitrogen and oxygen atoms in total. The number of benzene rings is 3. The number of aromatic hydroxyl groups is 1. The van der Waals surface area contributed by atoms with Gasteiger partial charge in [0.1, 0.15) is 5.75 Å². The van der Waals surface area contributed by atoms with Crippen LogP contribution in [0.1, 0.15) is 5.56 Å². The molecule has 4 aromatic rings. The van der Waals surface area contributed by atoms with Crippen molar-refractivity contribution in [3.8, 4) is 5.75 Å². The molecule has 0 unspecified atom stereocenters. The van der Waals surface area contributed by atoms with Crippen molar-refractivity contribution in [2.75, 3.05) is 16.1 Å². The van der Waals surface area contributed by atoms with Gasteiger partial charge in [-0.05, 0) is 42.5 Å². The van der Waals surface area contributed by atoms with Crippen molar-refractivity contribution in [3.63, 3.8) is 0 Å². The number of nitro groups is 1. The number of non-ortho nitro benzene ring substituents is 1. The van der Waals surface area contributed by atoms with Gasteiger partial charge in [0.15, 0.2) is 0 Å². The highest BCUT2D eigenvalue weighted by Crippen LogP contribution is 2.22. The number of para-hydroxylation sites is 1. The van der Waals surface area contributed by atoms with Crippen LogP contribution in [0.4, 0.5) is 34.9 Å². The van der Waals surface area contributed by atoms with Gasteiger partial charge < -0.3 is 15.7 Å². The van der Waals surface area contributed by atoms with E-state index in [2.05, 4.69) is 36.1 Å². The number of nitrogens with one attached hydrogen (secondary N) is 3. The molecule has 0 radical (unpaired) electrons. The molecule has 4 N–H and O–H groups in total. The summed E-state index contributed by atoms with van der Waals surface area (Å²) in [6.07, 6.45) is 1.37. The van der Waals surface area contributed by atoms with Crippen molar-refractivity contribution in [2.24, 2.45) is 5.10 Å². The van der Waals surface area contributed by atoms with Crippen LogP contribution >= 0.6 is 11.6 Å². The summed E-state index contributed by atoms with van der Waals surface area (Å²) in [7, 11) is 0. The number of anilines is 5. The molecular weight excluding hydrogens is 460 g/mol. The van der Waals surface area contributed by atoms with E-state index >= 15 is 0 Å². The van der Waals surface area contributed by atoms with Crippen LogP contribution < -0.4 is 16.1 Å². The van der Waals surface area contributed by atoms with E-state index in [1.165, 1.54) is 24.4 Å². The number of phenols is 1. The predicted molar refractivity (Wildman–Crippen MR) is 130 cm³/mol. The van der Waals surface area contributed by atoms with Gasteiger partial charge in [0, 0.05) is 34.1 Å². The molecule has 0 amide bonds. The summed E-state index contributed by atoms with van der Waals surface area (Å²) in [6, 6.07) is 19.7. The van der Waals surface area contributed by atoms with E-state index in [1.54, 1.807) is 24.3 Å².